The summed E-state index contributed by atoms with van der Waals surface area (Å²) in [5.41, 5.74) is 1.47. The molecule has 0 bridgehead atoms. The molecule has 3 rings (SSSR count). The number of ether oxygens (including phenoxy) is 1. The molecule has 7 heteroatoms. The van der Waals surface area contributed by atoms with Gasteiger partial charge in [-0.15, -0.1) is 0 Å². The molecular formula is C21H26N2O4S. The zero-order valence-electron chi connectivity index (χ0n) is 16.2. The summed E-state index contributed by atoms with van der Waals surface area (Å²) in [6.45, 7) is 1.54. The molecule has 0 unspecified atom stereocenters. The first-order chi connectivity index (χ1) is 13.4. The lowest BCUT2D eigenvalue weighted by Crippen LogP contribution is -2.40. The Kier molecular flexibility index (Phi) is 6.61. The van der Waals surface area contributed by atoms with E-state index in [0.29, 0.717) is 38.3 Å². The third-order valence-electron chi connectivity index (χ3n) is 4.92. The fourth-order valence-corrected chi connectivity index (χ4v) is 4.78. The third-order valence-corrected chi connectivity index (χ3v) is 6.81. The lowest BCUT2D eigenvalue weighted by atomic mass is 9.97. The highest BCUT2D eigenvalue weighted by molar-refractivity contribution is 7.89. The zero-order valence-corrected chi connectivity index (χ0v) is 17.1. The van der Waals surface area contributed by atoms with Gasteiger partial charge in [0.15, 0.2) is 5.78 Å². The molecule has 1 aliphatic heterocycles. The van der Waals surface area contributed by atoms with E-state index in [0.717, 1.165) is 5.56 Å². The highest BCUT2D eigenvalue weighted by atomic mass is 32.2. The van der Waals surface area contributed by atoms with Crippen molar-refractivity contribution in [1.29, 1.82) is 0 Å². The van der Waals surface area contributed by atoms with E-state index in [-0.39, 0.29) is 16.7 Å². The minimum atomic E-state index is -3.56. The van der Waals surface area contributed by atoms with E-state index in [4.69, 9.17) is 4.74 Å². The predicted molar refractivity (Wildman–Crippen MR) is 108 cm³/mol. The maximum Gasteiger partial charge on any atom is 0.243 e. The van der Waals surface area contributed by atoms with Crippen molar-refractivity contribution in [3.8, 4) is 0 Å². The quantitative estimate of drug-likeness (QED) is 0.664. The van der Waals surface area contributed by atoms with Crippen molar-refractivity contribution < 1.29 is 17.9 Å². The van der Waals surface area contributed by atoms with Crippen molar-refractivity contribution in [2.24, 2.45) is 0 Å². The van der Waals surface area contributed by atoms with Crippen molar-refractivity contribution in [1.82, 2.24) is 9.21 Å². The number of sulfonamides is 1. The van der Waals surface area contributed by atoms with Gasteiger partial charge in [-0.25, -0.2) is 8.42 Å². The van der Waals surface area contributed by atoms with Crippen LogP contribution in [0.15, 0.2) is 59.5 Å². The number of carbonyl (C=O) groups excluding carboxylic acids is 1. The highest BCUT2D eigenvalue weighted by Crippen LogP contribution is 2.20. The van der Waals surface area contributed by atoms with Gasteiger partial charge in [0.1, 0.15) is 0 Å². The van der Waals surface area contributed by atoms with Crippen LogP contribution in [-0.4, -0.2) is 69.8 Å². The Bertz CT molecular complexity index is 907. The maximum atomic E-state index is 12.9. The van der Waals surface area contributed by atoms with Gasteiger partial charge >= 0.3 is 0 Å². The smallest absolute Gasteiger partial charge is 0.243 e. The molecule has 0 saturated carbocycles. The molecule has 2 aromatic carbocycles. The molecule has 1 heterocycles. The number of morpholine rings is 1. The summed E-state index contributed by atoms with van der Waals surface area (Å²) < 4.78 is 32.5. The molecule has 2 aromatic rings. The fourth-order valence-electron chi connectivity index (χ4n) is 3.30. The van der Waals surface area contributed by atoms with Crippen molar-refractivity contribution in [2.75, 3.05) is 40.4 Å². The number of Topliss-reactive ketones (excluding diaryl/α,β-unsaturated/α-hetero) is 1. The molecular weight excluding hydrogens is 376 g/mol. The standard InChI is InChI=1S/C21H26N2O4S/c1-22(2)20(21(24)18-8-4-3-5-9-18)16-17-7-6-10-19(15-17)28(25,26)23-11-13-27-14-12-23/h3-10,15,20H,11-14,16H2,1-2H3/t20-/m0/s1. The normalized spacial score (nSPS) is 16.8. The number of benzene rings is 2. The van der Waals surface area contributed by atoms with Crippen molar-refractivity contribution >= 4 is 15.8 Å². The topological polar surface area (TPSA) is 66.9 Å². The van der Waals surface area contributed by atoms with E-state index in [1.54, 1.807) is 30.3 Å². The Balaban J connectivity index is 1.83. The zero-order chi connectivity index (χ0) is 20.1. The van der Waals surface area contributed by atoms with Crippen LogP contribution in [0.1, 0.15) is 15.9 Å². The van der Waals surface area contributed by atoms with Gasteiger partial charge in [0.25, 0.3) is 0 Å². The minimum absolute atomic E-state index is 0.0204. The molecule has 0 radical (unpaired) electrons. The average molecular weight is 403 g/mol. The lowest BCUT2D eigenvalue weighted by molar-refractivity contribution is 0.0730. The largest absolute Gasteiger partial charge is 0.379 e. The first kappa shape index (κ1) is 20.7. The molecule has 0 spiro atoms. The van der Waals surface area contributed by atoms with Gasteiger partial charge in [-0.2, -0.15) is 4.31 Å². The highest BCUT2D eigenvalue weighted by Gasteiger charge is 2.27. The summed E-state index contributed by atoms with van der Waals surface area (Å²) in [6.07, 6.45) is 0.438. The van der Waals surface area contributed by atoms with E-state index in [1.807, 2.05) is 43.3 Å². The molecule has 150 valence electrons. The summed E-state index contributed by atoms with van der Waals surface area (Å²) in [5, 5.41) is 0. The van der Waals surface area contributed by atoms with Crippen molar-refractivity contribution in [3.63, 3.8) is 0 Å². The molecule has 0 N–H and O–H groups in total. The summed E-state index contributed by atoms with van der Waals surface area (Å²) in [4.78, 5) is 15.1. The van der Waals surface area contributed by atoms with Gasteiger partial charge in [-0.1, -0.05) is 42.5 Å². The summed E-state index contributed by atoms with van der Waals surface area (Å²) in [7, 11) is 0.164. The maximum absolute atomic E-state index is 12.9. The van der Waals surface area contributed by atoms with Gasteiger partial charge in [0, 0.05) is 18.7 Å². The molecule has 0 amide bonds. The van der Waals surface area contributed by atoms with Crippen LogP contribution in [0.4, 0.5) is 0 Å². The van der Waals surface area contributed by atoms with E-state index >= 15 is 0 Å². The first-order valence-electron chi connectivity index (χ1n) is 9.32. The van der Waals surface area contributed by atoms with E-state index < -0.39 is 10.0 Å². The number of hydrogen-bond donors (Lipinski definition) is 0. The molecule has 1 fully saturated rings. The molecule has 1 atom stereocenters. The monoisotopic (exact) mass is 402 g/mol. The van der Waals surface area contributed by atoms with E-state index in [2.05, 4.69) is 0 Å². The lowest BCUT2D eigenvalue weighted by Gasteiger charge is -2.26. The molecule has 0 aliphatic carbocycles. The Morgan fingerprint density at radius 3 is 2.39 bits per heavy atom. The van der Waals surface area contributed by atoms with E-state index in [1.165, 1.54) is 4.31 Å². The van der Waals surface area contributed by atoms with Crippen LogP contribution in [0.2, 0.25) is 0 Å². The van der Waals surface area contributed by atoms with Crippen LogP contribution in [0, 0.1) is 0 Å². The second-order valence-electron chi connectivity index (χ2n) is 7.08. The Hall–Kier alpha value is -2.06. The minimum Gasteiger partial charge on any atom is -0.379 e. The Morgan fingerprint density at radius 2 is 1.75 bits per heavy atom. The molecule has 0 aromatic heterocycles. The number of hydrogen-bond acceptors (Lipinski definition) is 5. The molecule has 1 aliphatic rings. The SMILES string of the molecule is CN(C)[C@@H](Cc1cccc(S(=O)(=O)N2CCOCC2)c1)C(=O)c1ccccc1. The molecule has 1 saturated heterocycles. The van der Waals surface area contributed by atoms with Crippen molar-refractivity contribution in [3.05, 3.63) is 65.7 Å². The van der Waals surface area contributed by atoms with Crippen LogP contribution in [0.3, 0.4) is 0 Å². The molecule has 28 heavy (non-hydrogen) atoms. The molecule has 6 nitrogen and oxygen atoms in total. The van der Waals surface area contributed by atoms with Gasteiger partial charge in [-0.3, -0.25) is 9.69 Å². The van der Waals surface area contributed by atoms with Crippen LogP contribution >= 0.6 is 0 Å². The summed E-state index contributed by atoms with van der Waals surface area (Å²) in [5.74, 6) is 0.0204. The number of rotatable bonds is 7. The average Bonchev–Trinajstić information content (AvgIpc) is 2.73. The van der Waals surface area contributed by atoms with Crippen LogP contribution in [0.25, 0.3) is 0 Å². The number of carbonyl (C=O) groups is 1. The second kappa shape index (κ2) is 8.96. The Morgan fingerprint density at radius 1 is 1.07 bits per heavy atom. The second-order valence-corrected chi connectivity index (χ2v) is 9.02. The number of nitrogens with zero attached hydrogens (tertiary/aromatic N) is 2. The number of likely N-dealkylation sites (N-methyl/N-ethyl adjacent to an activating group) is 1. The van der Waals surface area contributed by atoms with Crippen LogP contribution in [0.5, 0.6) is 0 Å². The summed E-state index contributed by atoms with van der Waals surface area (Å²) in [6, 6.07) is 15.7. The van der Waals surface area contributed by atoms with Gasteiger partial charge < -0.3 is 4.74 Å². The van der Waals surface area contributed by atoms with Crippen LogP contribution < -0.4 is 0 Å². The Labute approximate surface area is 166 Å². The fraction of sp³-hybridized carbons (Fsp3) is 0.381. The summed E-state index contributed by atoms with van der Waals surface area (Å²) >= 11 is 0. The van der Waals surface area contributed by atoms with Crippen molar-refractivity contribution in [2.45, 2.75) is 17.4 Å². The predicted octanol–water partition coefficient (Wildman–Crippen LogP) is 2.06. The van der Waals surface area contributed by atoms with Gasteiger partial charge in [-0.05, 0) is 38.2 Å². The first-order valence-corrected chi connectivity index (χ1v) is 10.8. The van der Waals surface area contributed by atoms with Gasteiger partial charge in [0.05, 0.1) is 24.2 Å². The number of ketones is 1. The van der Waals surface area contributed by atoms with Gasteiger partial charge in [0.2, 0.25) is 10.0 Å². The van der Waals surface area contributed by atoms with E-state index in [9.17, 15) is 13.2 Å². The third kappa shape index (κ3) is 4.67. The van der Waals surface area contributed by atoms with Crippen LogP contribution in [-0.2, 0) is 21.2 Å².